The molecule has 0 N–H and O–H groups in total. The maximum Gasteiger partial charge on any atom is 0.241 e. The Balaban J connectivity index is 1.58. The van der Waals surface area contributed by atoms with Crippen molar-refractivity contribution in [2.75, 3.05) is 31.6 Å². The number of hydrogen-bond donors (Lipinski definition) is 0. The maximum atomic E-state index is 12.5. The summed E-state index contributed by atoms with van der Waals surface area (Å²) in [6.07, 6.45) is 2.04. The molecule has 0 spiro atoms. The van der Waals surface area contributed by atoms with E-state index in [4.69, 9.17) is 9.15 Å². The first-order chi connectivity index (χ1) is 11.7. The number of rotatable bonds is 6. The lowest BCUT2D eigenvalue weighted by Crippen LogP contribution is -2.50. The van der Waals surface area contributed by atoms with Crippen LogP contribution in [0.5, 0.6) is 5.75 Å². The van der Waals surface area contributed by atoms with Crippen molar-refractivity contribution >= 4 is 11.6 Å². The summed E-state index contributed by atoms with van der Waals surface area (Å²) in [5, 5.41) is 0. The minimum absolute atomic E-state index is 0.117. The van der Waals surface area contributed by atoms with Crippen LogP contribution in [0, 0.1) is 0 Å². The Bertz CT molecular complexity index is 678. The molecule has 0 unspecified atom stereocenters. The van der Waals surface area contributed by atoms with Gasteiger partial charge in [-0.05, 0) is 42.8 Å². The Hall–Kier alpha value is -2.27. The number of carbonyl (C=O) groups excluding carboxylic acids is 1. The molecule has 5 heteroatoms. The molecule has 1 aliphatic rings. The number of ether oxygens (including phenoxy) is 1. The quantitative estimate of drug-likeness (QED) is 0.817. The fourth-order valence-electron chi connectivity index (χ4n) is 3.00. The van der Waals surface area contributed by atoms with Gasteiger partial charge in [-0.2, -0.15) is 0 Å². The molecule has 0 atom stereocenters. The average molecular weight is 328 g/mol. The van der Waals surface area contributed by atoms with Gasteiger partial charge < -0.3 is 14.1 Å². The fraction of sp³-hybridized carbons (Fsp3) is 0.421. The van der Waals surface area contributed by atoms with Crippen LogP contribution >= 0.6 is 0 Å². The summed E-state index contributed by atoms with van der Waals surface area (Å²) >= 11 is 0. The van der Waals surface area contributed by atoms with E-state index < -0.39 is 0 Å². The number of hydrogen-bond acceptors (Lipinski definition) is 4. The predicted octanol–water partition coefficient (Wildman–Crippen LogP) is 3.09. The van der Waals surface area contributed by atoms with Gasteiger partial charge in [0, 0.05) is 25.2 Å². The largest absolute Gasteiger partial charge is 0.497 e. The van der Waals surface area contributed by atoms with E-state index in [0.717, 1.165) is 42.3 Å². The number of benzene rings is 1. The van der Waals surface area contributed by atoms with Crippen LogP contribution < -0.4 is 9.64 Å². The molecule has 0 radical (unpaired) electrons. The average Bonchev–Trinajstić information content (AvgIpc) is 3.03. The molecule has 24 heavy (non-hydrogen) atoms. The van der Waals surface area contributed by atoms with Crippen LogP contribution in [0.15, 0.2) is 40.8 Å². The van der Waals surface area contributed by atoms with E-state index in [1.54, 1.807) is 7.11 Å². The van der Waals surface area contributed by atoms with Gasteiger partial charge in [0.1, 0.15) is 17.3 Å². The summed E-state index contributed by atoms with van der Waals surface area (Å²) in [5.41, 5.74) is 0.920. The first-order valence-electron chi connectivity index (χ1n) is 8.44. The highest BCUT2D eigenvalue weighted by Crippen LogP contribution is 2.22. The van der Waals surface area contributed by atoms with Crippen molar-refractivity contribution < 1.29 is 13.9 Å². The van der Waals surface area contributed by atoms with Crippen molar-refractivity contribution in [2.45, 2.75) is 26.3 Å². The van der Waals surface area contributed by atoms with Crippen molar-refractivity contribution in [2.24, 2.45) is 0 Å². The minimum atomic E-state index is 0.117. The summed E-state index contributed by atoms with van der Waals surface area (Å²) in [5.74, 6) is 2.87. The third-order valence-electron chi connectivity index (χ3n) is 4.28. The molecular weight excluding hydrogens is 304 g/mol. The topological polar surface area (TPSA) is 45.9 Å². The second-order valence-corrected chi connectivity index (χ2v) is 6.07. The normalized spacial score (nSPS) is 15.8. The Morgan fingerprint density at radius 2 is 1.83 bits per heavy atom. The van der Waals surface area contributed by atoms with Crippen LogP contribution in [-0.4, -0.2) is 37.6 Å². The second-order valence-electron chi connectivity index (χ2n) is 6.07. The predicted molar refractivity (Wildman–Crippen MR) is 93.3 cm³/mol. The number of nitrogens with zero attached hydrogens (tertiary/aromatic N) is 2. The molecule has 0 saturated carbocycles. The zero-order valence-corrected chi connectivity index (χ0v) is 14.3. The van der Waals surface area contributed by atoms with Crippen molar-refractivity contribution in [1.82, 2.24) is 4.90 Å². The van der Waals surface area contributed by atoms with Crippen LogP contribution in [0.1, 0.15) is 24.9 Å². The first kappa shape index (κ1) is 16.6. The summed E-state index contributed by atoms with van der Waals surface area (Å²) in [6, 6.07) is 11.7. The molecule has 1 fully saturated rings. The number of carbonyl (C=O) groups is 1. The number of furan rings is 1. The smallest absolute Gasteiger partial charge is 0.241 e. The highest BCUT2D eigenvalue weighted by Gasteiger charge is 2.25. The van der Waals surface area contributed by atoms with Crippen molar-refractivity contribution in [1.29, 1.82) is 0 Å². The van der Waals surface area contributed by atoms with Crippen LogP contribution in [0.25, 0.3) is 0 Å². The molecule has 0 bridgehead atoms. The third-order valence-corrected chi connectivity index (χ3v) is 4.28. The molecule has 1 aromatic carbocycles. The summed E-state index contributed by atoms with van der Waals surface area (Å²) in [4.78, 5) is 16.4. The molecule has 1 aliphatic heterocycles. The fourth-order valence-corrected chi connectivity index (χ4v) is 3.00. The minimum Gasteiger partial charge on any atom is -0.497 e. The molecule has 2 aromatic rings. The van der Waals surface area contributed by atoms with Gasteiger partial charge in [0.25, 0.3) is 0 Å². The van der Waals surface area contributed by atoms with Gasteiger partial charge in [-0.1, -0.05) is 6.92 Å². The first-order valence-corrected chi connectivity index (χ1v) is 8.44. The molecule has 2 heterocycles. The van der Waals surface area contributed by atoms with Gasteiger partial charge in [0.15, 0.2) is 0 Å². The van der Waals surface area contributed by atoms with Crippen molar-refractivity contribution in [3.05, 3.63) is 47.9 Å². The number of anilines is 1. The van der Waals surface area contributed by atoms with Crippen LogP contribution in [0.3, 0.4) is 0 Å². The van der Waals surface area contributed by atoms with Gasteiger partial charge in [0.2, 0.25) is 5.91 Å². The molecule has 0 aliphatic carbocycles. The van der Waals surface area contributed by atoms with Gasteiger partial charge in [-0.3, -0.25) is 9.69 Å². The molecule has 1 saturated heterocycles. The monoisotopic (exact) mass is 328 g/mol. The SMILES string of the molecule is CCCc1ccc(CN2CCN(c3ccc(OC)cc3)C(=O)C2)o1. The summed E-state index contributed by atoms with van der Waals surface area (Å²) in [6.45, 7) is 4.76. The molecule has 1 aromatic heterocycles. The maximum absolute atomic E-state index is 12.5. The summed E-state index contributed by atoms with van der Waals surface area (Å²) in [7, 11) is 1.64. The van der Waals surface area contributed by atoms with Gasteiger partial charge in [-0.25, -0.2) is 0 Å². The number of aryl methyl sites for hydroxylation is 1. The number of amides is 1. The zero-order valence-electron chi connectivity index (χ0n) is 14.3. The van der Waals surface area contributed by atoms with Gasteiger partial charge in [0.05, 0.1) is 20.2 Å². The Kier molecular flexibility index (Phi) is 5.20. The lowest BCUT2D eigenvalue weighted by molar-refractivity contribution is -0.121. The van der Waals surface area contributed by atoms with Crippen LogP contribution in [0.4, 0.5) is 5.69 Å². The Morgan fingerprint density at radius 1 is 1.08 bits per heavy atom. The number of piperazine rings is 1. The van der Waals surface area contributed by atoms with Gasteiger partial charge >= 0.3 is 0 Å². The van der Waals surface area contributed by atoms with Crippen molar-refractivity contribution in [3.8, 4) is 5.75 Å². The van der Waals surface area contributed by atoms with Crippen LogP contribution in [0.2, 0.25) is 0 Å². The summed E-state index contributed by atoms with van der Waals surface area (Å²) < 4.78 is 11.0. The van der Waals surface area contributed by atoms with E-state index in [9.17, 15) is 4.79 Å². The zero-order chi connectivity index (χ0) is 16.9. The molecule has 3 rings (SSSR count). The third kappa shape index (κ3) is 3.79. The van der Waals surface area contributed by atoms with Crippen molar-refractivity contribution in [3.63, 3.8) is 0 Å². The lowest BCUT2D eigenvalue weighted by Gasteiger charge is -2.33. The van der Waals surface area contributed by atoms with Gasteiger partial charge in [-0.15, -0.1) is 0 Å². The number of methoxy groups -OCH3 is 1. The second kappa shape index (κ2) is 7.53. The molecule has 128 valence electrons. The highest BCUT2D eigenvalue weighted by atomic mass is 16.5. The Labute approximate surface area is 142 Å². The van der Waals surface area contributed by atoms with E-state index in [0.29, 0.717) is 19.6 Å². The van der Waals surface area contributed by atoms with Crippen LogP contribution in [-0.2, 0) is 17.8 Å². The van der Waals surface area contributed by atoms with E-state index in [1.807, 2.05) is 41.3 Å². The van der Waals surface area contributed by atoms with E-state index in [-0.39, 0.29) is 5.91 Å². The molecular formula is C19H24N2O3. The molecule has 5 nitrogen and oxygen atoms in total. The Morgan fingerprint density at radius 3 is 2.50 bits per heavy atom. The van der Waals surface area contributed by atoms with E-state index >= 15 is 0 Å². The highest BCUT2D eigenvalue weighted by molar-refractivity contribution is 5.95. The van der Waals surface area contributed by atoms with E-state index in [1.165, 1.54) is 0 Å². The lowest BCUT2D eigenvalue weighted by atomic mass is 10.2. The van der Waals surface area contributed by atoms with E-state index in [2.05, 4.69) is 11.8 Å². The molecule has 1 amide bonds. The standard InChI is InChI=1S/C19H24N2O3/c1-3-4-17-9-10-18(24-17)13-20-11-12-21(19(22)14-20)15-5-7-16(23-2)8-6-15/h5-10H,3-4,11-14H2,1-2H3.